The molecule has 0 aliphatic rings. The van der Waals surface area contributed by atoms with Crippen LogP contribution in [0, 0.1) is 6.92 Å². The fourth-order valence-corrected chi connectivity index (χ4v) is 1.43. The van der Waals surface area contributed by atoms with Gasteiger partial charge in [0.1, 0.15) is 17.6 Å². The van der Waals surface area contributed by atoms with Crippen molar-refractivity contribution in [2.45, 2.75) is 39.3 Å². The molecule has 4 heteroatoms. The summed E-state index contributed by atoms with van der Waals surface area (Å²) in [6.07, 6.45) is 0.555. The Morgan fingerprint density at radius 3 is 2.67 bits per heavy atom. The molecule has 2 unspecified atom stereocenters. The van der Waals surface area contributed by atoms with E-state index in [1.165, 1.54) is 0 Å². The van der Waals surface area contributed by atoms with Crippen LogP contribution in [0.4, 0.5) is 0 Å². The fourth-order valence-electron chi connectivity index (χ4n) is 1.43. The number of nitrogens with one attached hydrogen (secondary N) is 1. The Kier molecular flexibility index (Phi) is 3.91. The molecule has 0 spiro atoms. The smallest absolute Gasteiger partial charge is 0.320 e. The zero-order valence-corrected chi connectivity index (χ0v) is 9.28. The highest BCUT2D eigenvalue weighted by Crippen LogP contribution is 2.16. The summed E-state index contributed by atoms with van der Waals surface area (Å²) in [7, 11) is 0. The first-order valence-electron chi connectivity index (χ1n) is 5.09. The van der Waals surface area contributed by atoms with Gasteiger partial charge in [0.2, 0.25) is 0 Å². The monoisotopic (exact) mass is 211 g/mol. The van der Waals surface area contributed by atoms with Crippen molar-refractivity contribution < 1.29 is 14.3 Å². The van der Waals surface area contributed by atoms with Gasteiger partial charge in [-0.2, -0.15) is 0 Å². The Labute approximate surface area is 89.3 Å². The topological polar surface area (TPSA) is 62.5 Å². The van der Waals surface area contributed by atoms with Gasteiger partial charge in [-0.15, -0.1) is 0 Å². The first-order valence-corrected chi connectivity index (χ1v) is 5.09. The molecule has 15 heavy (non-hydrogen) atoms. The second-order valence-electron chi connectivity index (χ2n) is 3.64. The van der Waals surface area contributed by atoms with E-state index in [2.05, 4.69) is 5.32 Å². The maximum atomic E-state index is 10.8. The highest BCUT2D eigenvalue weighted by atomic mass is 16.4. The average molecular weight is 211 g/mol. The van der Waals surface area contributed by atoms with Gasteiger partial charge in [0.25, 0.3) is 0 Å². The molecule has 2 N–H and O–H groups in total. The second kappa shape index (κ2) is 4.98. The lowest BCUT2D eigenvalue weighted by atomic mass is 10.1. The van der Waals surface area contributed by atoms with Gasteiger partial charge < -0.3 is 9.52 Å². The maximum Gasteiger partial charge on any atom is 0.320 e. The Bertz CT molecular complexity index is 332. The molecule has 0 fully saturated rings. The van der Waals surface area contributed by atoms with Crippen molar-refractivity contribution in [2.24, 2.45) is 0 Å². The Morgan fingerprint density at radius 2 is 2.27 bits per heavy atom. The van der Waals surface area contributed by atoms with Crippen molar-refractivity contribution in [2.75, 3.05) is 0 Å². The standard InChI is InChI=1S/C11H17NO3/c1-4-9(11(13)14)12-8(3)10-6-5-7(2)15-10/h5-6,8-9,12H,4H2,1-3H3,(H,13,14). The van der Waals surface area contributed by atoms with E-state index in [4.69, 9.17) is 9.52 Å². The van der Waals surface area contributed by atoms with Gasteiger partial charge in [0.15, 0.2) is 0 Å². The lowest BCUT2D eigenvalue weighted by Gasteiger charge is -2.17. The number of hydrogen-bond donors (Lipinski definition) is 2. The molecule has 1 rings (SSSR count). The molecule has 4 nitrogen and oxygen atoms in total. The van der Waals surface area contributed by atoms with Crippen molar-refractivity contribution in [3.8, 4) is 0 Å². The summed E-state index contributed by atoms with van der Waals surface area (Å²) in [6.45, 7) is 5.60. The van der Waals surface area contributed by atoms with Crippen LogP contribution in [0.25, 0.3) is 0 Å². The molecule has 1 aromatic heterocycles. The van der Waals surface area contributed by atoms with E-state index in [0.29, 0.717) is 6.42 Å². The molecular formula is C11H17NO3. The summed E-state index contributed by atoms with van der Waals surface area (Å²) < 4.78 is 5.41. The Hall–Kier alpha value is -1.29. The lowest BCUT2D eigenvalue weighted by molar-refractivity contribution is -0.139. The molecule has 0 amide bonds. The SMILES string of the molecule is CCC(NC(C)c1ccc(C)o1)C(=O)O. The molecular weight excluding hydrogens is 194 g/mol. The zero-order valence-electron chi connectivity index (χ0n) is 9.28. The second-order valence-corrected chi connectivity index (χ2v) is 3.64. The number of furan rings is 1. The van der Waals surface area contributed by atoms with Crippen molar-refractivity contribution in [1.29, 1.82) is 0 Å². The van der Waals surface area contributed by atoms with Gasteiger partial charge in [-0.25, -0.2) is 0 Å². The van der Waals surface area contributed by atoms with E-state index in [9.17, 15) is 4.79 Å². The van der Waals surface area contributed by atoms with E-state index in [1.807, 2.05) is 32.9 Å². The first kappa shape index (κ1) is 11.8. The highest BCUT2D eigenvalue weighted by Gasteiger charge is 2.19. The van der Waals surface area contributed by atoms with Crippen molar-refractivity contribution in [3.05, 3.63) is 23.7 Å². The van der Waals surface area contributed by atoms with E-state index < -0.39 is 12.0 Å². The average Bonchev–Trinajstić information content (AvgIpc) is 2.60. The van der Waals surface area contributed by atoms with Gasteiger partial charge >= 0.3 is 5.97 Å². The van der Waals surface area contributed by atoms with Crippen molar-refractivity contribution in [1.82, 2.24) is 5.32 Å². The van der Waals surface area contributed by atoms with Crippen molar-refractivity contribution in [3.63, 3.8) is 0 Å². The molecule has 0 saturated carbocycles. The third-order valence-electron chi connectivity index (χ3n) is 2.35. The largest absolute Gasteiger partial charge is 0.480 e. The van der Waals surface area contributed by atoms with Crippen LogP contribution in [0.2, 0.25) is 0 Å². The molecule has 1 heterocycles. The molecule has 1 aromatic rings. The summed E-state index contributed by atoms with van der Waals surface area (Å²) in [5.74, 6) is 0.779. The minimum atomic E-state index is -0.826. The van der Waals surface area contributed by atoms with E-state index in [0.717, 1.165) is 11.5 Å². The predicted octanol–water partition coefficient (Wildman–Crippen LogP) is 2.10. The molecule has 2 atom stereocenters. The Balaban J connectivity index is 2.62. The van der Waals surface area contributed by atoms with Crippen LogP contribution >= 0.6 is 0 Å². The molecule has 0 bridgehead atoms. The number of carboxylic acids is 1. The lowest BCUT2D eigenvalue weighted by Crippen LogP contribution is -2.37. The summed E-state index contributed by atoms with van der Waals surface area (Å²) in [5, 5.41) is 11.9. The number of carboxylic acid groups (broad SMARTS) is 1. The number of aliphatic carboxylic acids is 1. The minimum absolute atomic E-state index is 0.0836. The van der Waals surface area contributed by atoms with Crippen molar-refractivity contribution >= 4 is 5.97 Å². The third kappa shape index (κ3) is 3.09. The van der Waals surface area contributed by atoms with Crippen LogP contribution in [-0.4, -0.2) is 17.1 Å². The van der Waals surface area contributed by atoms with Crippen LogP contribution < -0.4 is 5.32 Å². The van der Waals surface area contributed by atoms with E-state index >= 15 is 0 Å². The van der Waals surface area contributed by atoms with Gasteiger partial charge in [-0.05, 0) is 32.4 Å². The normalized spacial score (nSPS) is 14.9. The molecule has 0 saturated heterocycles. The van der Waals surface area contributed by atoms with E-state index in [1.54, 1.807) is 0 Å². The minimum Gasteiger partial charge on any atom is -0.480 e. The third-order valence-corrected chi connectivity index (χ3v) is 2.35. The summed E-state index contributed by atoms with van der Waals surface area (Å²) in [6, 6.07) is 3.13. The summed E-state index contributed by atoms with van der Waals surface area (Å²) in [4.78, 5) is 10.8. The van der Waals surface area contributed by atoms with E-state index in [-0.39, 0.29) is 6.04 Å². The van der Waals surface area contributed by atoms with Gasteiger partial charge in [-0.1, -0.05) is 6.92 Å². The van der Waals surface area contributed by atoms with Gasteiger partial charge in [-0.3, -0.25) is 10.1 Å². The number of carbonyl (C=O) groups is 1. The number of rotatable bonds is 5. The zero-order chi connectivity index (χ0) is 11.4. The molecule has 0 radical (unpaired) electrons. The van der Waals surface area contributed by atoms with Crippen LogP contribution in [0.5, 0.6) is 0 Å². The highest BCUT2D eigenvalue weighted by molar-refractivity contribution is 5.73. The summed E-state index contributed by atoms with van der Waals surface area (Å²) in [5.41, 5.74) is 0. The number of aryl methyl sites for hydroxylation is 1. The summed E-state index contributed by atoms with van der Waals surface area (Å²) >= 11 is 0. The Morgan fingerprint density at radius 1 is 1.60 bits per heavy atom. The first-order chi connectivity index (χ1) is 7.04. The van der Waals surface area contributed by atoms with Crippen LogP contribution in [0.15, 0.2) is 16.5 Å². The number of hydrogen-bond acceptors (Lipinski definition) is 3. The quantitative estimate of drug-likeness (QED) is 0.783. The van der Waals surface area contributed by atoms with Gasteiger partial charge in [0.05, 0.1) is 6.04 Å². The maximum absolute atomic E-state index is 10.8. The van der Waals surface area contributed by atoms with Gasteiger partial charge in [0, 0.05) is 0 Å². The van der Waals surface area contributed by atoms with Crippen LogP contribution in [0.1, 0.15) is 37.8 Å². The van der Waals surface area contributed by atoms with Crippen LogP contribution in [0.3, 0.4) is 0 Å². The molecule has 0 aliphatic heterocycles. The predicted molar refractivity (Wildman–Crippen MR) is 56.7 cm³/mol. The fraction of sp³-hybridized carbons (Fsp3) is 0.545. The molecule has 0 aromatic carbocycles. The van der Waals surface area contributed by atoms with Crippen LogP contribution in [-0.2, 0) is 4.79 Å². The molecule has 0 aliphatic carbocycles. The molecule has 84 valence electrons.